The third kappa shape index (κ3) is 4.90. The molecule has 150 valence electrons. The van der Waals surface area contributed by atoms with Gasteiger partial charge in [0.15, 0.2) is 0 Å². The first-order valence-electron chi connectivity index (χ1n) is 10.2. The van der Waals surface area contributed by atoms with Crippen LogP contribution in [-0.4, -0.2) is 57.0 Å². The number of aliphatic hydroxyl groups excluding tert-OH is 1. The molecule has 1 aromatic carbocycles. The van der Waals surface area contributed by atoms with Crippen molar-refractivity contribution in [3.05, 3.63) is 35.9 Å². The van der Waals surface area contributed by atoms with Crippen molar-refractivity contribution in [2.45, 2.75) is 50.9 Å². The molecular weight excluding hydrogens is 344 g/mol. The first-order chi connectivity index (χ1) is 13.2. The first kappa shape index (κ1) is 19.3. The van der Waals surface area contributed by atoms with E-state index in [4.69, 9.17) is 18.9 Å². The number of hydrogen-bond acceptors (Lipinski definition) is 5. The lowest BCUT2D eigenvalue weighted by Gasteiger charge is -2.70. The van der Waals surface area contributed by atoms with E-state index >= 15 is 0 Å². The van der Waals surface area contributed by atoms with Crippen LogP contribution in [0.5, 0.6) is 0 Å². The lowest BCUT2D eigenvalue weighted by Crippen LogP contribution is -2.66. The van der Waals surface area contributed by atoms with Gasteiger partial charge >= 0.3 is 0 Å². The molecule has 4 fully saturated rings. The second kappa shape index (κ2) is 8.58. The predicted octanol–water partition coefficient (Wildman–Crippen LogP) is 2.95. The van der Waals surface area contributed by atoms with Crippen LogP contribution < -0.4 is 0 Å². The van der Waals surface area contributed by atoms with Crippen LogP contribution in [0.3, 0.4) is 0 Å². The van der Waals surface area contributed by atoms with Crippen molar-refractivity contribution < 1.29 is 24.1 Å². The molecule has 1 N–H and O–H groups in total. The molecule has 0 aromatic heterocycles. The Kier molecular flexibility index (Phi) is 6.15. The maximum absolute atomic E-state index is 9.30. The van der Waals surface area contributed by atoms with E-state index in [9.17, 15) is 5.11 Å². The molecule has 4 aliphatic rings. The lowest BCUT2D eigenvalue weighted by molar-refractivity contribution is -0.264. The van der Waals surface area contributed by atoms with Crippen molar-refractivity contribution in [1.82, 2.24) is 0 Å². The van der Waals surface area contributed by atoms with Crippen molar-refractivity contribution in [1.29, 1.82) is 0 Å². The number of benzene rings is 1. The van der Waals surface area contributed by atoms with Crippen LogP contribution in [0, 0.1) is 10.8 Å². The first-order valence-corrected chi connectivity index (χ1v) is 10.2. The highest BCUT2D eigenvalue weighted by Gasteiger charge is 2.67. The van der Waals surface area contributed by atoms with Gasteiger partial charge in [-0.15, -0.1) is 0 Å². The maximum atomic E-state index is 9.30. The summed E-state index contributed by atoms with van der Waals surface area (Å²) >= 11 is 0. The normalized spacial score (nSPS) is 33.8. The molecule has 5 heteroatoms. The second-order valence-corrected chi connectivity index (χ2v) is 8.79. The fraction of sp³-hybridized carbons (Fsp3) is 0.727. The molecule has 0 atom stereocenters. The monoisotopic (exact) mass is 376 g/mol. The van der Waals surface area contributed by atoms with Gasteiger partial charge in [-0.1, -0.05) is 30.3 Å². The SMILES string of the molecule is O[C@H]1C[C@H](OCC23CC(COCCOCCOCc4ccccc4)(C2)C3)C1. The van der Waals surface area contributed by atoms with E-state index in [-0.39, 0.29) is 6.10 Å². The van der Waals surface area contributed by atoms with Crippen LogP contribution in [0.25, 0.3) is 0 Å². The minimum atomic E-state index is -0.125. The minimum Gasteiger partial charge on any atom is -0.393 e. The Labute approximate surface area is 162 Å². The van der Waals surface area contributed by atoms with E-state index in [1.165, 1.54) is 24.8 Å². The summed E-state index contributed by atoms with van der Waals surface area (Å²) in [5.41, 5.74) is 2.03. The topological polar surface area (TPSA) is 57.2 Å². The van der Waals surface area contributed by atoms with Gasteiger partial charge in [-0.25, -0.2) is 0 Å². The largest absolute Gasteiger partial charge is 0.393 e. The Balaban J connectivity index is 0.951. The van der Waals surface area contributed by atoms with E-state index < -0.39 is 0 Å². The van der Waals surface area contributed by atoms with Crippen LogP contribution in [0.2, 0.25) is 0 Å². The van der Waals surface area contributed by atoms with Crippen molar-refractivity contribution in [2.75, 3.05) is 39.6 Å². The maximum Gasteiger partial charge on any atom is 0.0718 e. The van der Waals surface area contributed by atoms with E-state index in [1.54, 1.807) is 0 Å². The summed E-state index contributed by atoms with van der Waals surface area (Å²) < 4.78 is 22.9. The Morgan fingerprint density at radius 1 is 0.815 bits per heavy atom. The molecule has 5 rings (SSSR count). The fourth-order valence-corrected chi connectivity index (χ4v) is 4.90. The van der Waals surface area contributed by atoms with Crippen molar-refractivity contribution >= 4 is 0 Å². The van der Waals surface area contributed by atoms with Gasteiger partial charge in [0.1, 0.15) is 0 Å². The highest BCUT2D eigenvalue weighted by molar-refractivity contribution is 5.17. The summed E-state index contributed by atoms with van der Waals surface area (Å²) in [7, 11) is 0. The van der Waals surface area contributed by atoms with Crippen LogP contribution in [-0.2, 0) is 25.6 Å². The van der Waals surface area contributed by atoms with E-state index in [1.807, 2.05) is 18.2 Å². The molecular formula is C22H32O5. The Morgan fingerprint density at radius 3 is 2.15 bits per heavy atom. The van der Waals surface area contributed by atoms with Gasteiger partial charge in [0.2, 0.25) is 0 Å². The zero-order chi connectivity index (χ0) is 18.6. The lowest BCUT2D eigenvalue weighted by atomic mass is 9.35. The Bertz CT molecular complexity index is 564. The highest BCUT2D eigenvalue weighted by Crippen LogP contribution is 2.73. The summed E-state index contributed by atoms with van der Waals surface area (Å²) in [6.45, 7) is 4.86. The highest BCUT2D eigenvalue weighted by atomic mass is 16.5. The molecule has 0 radical (unpaired) electrons. The van der Waals surface area contributed by atoms with Crippen LogP contribution in [0.1, 0.15) is 37.7 Å². The zero-order valence-corrected chi connectivity index (χ0v) is 16.1. The van der Waals surface area contributed by atoms with Gasteiger partial charge in [0.05, 0.1) is 58.5 Å². The summed E-state index contributed by atoms with van der Waals surface area (Å²) in [5.74, 6) is 0. The smallest absolute Gasteiger partial charge is 0.0718 e. The summed E-state index contributed by atoms with van der Waals surface area (Å²) in [4.78, 5) is 0. The van der Waals surface area contributed by atoms with Crippen molar-refractivity contribution in [3.8, 4) is 0 Å². The van der Waals surface area contributed by atoms with Crippen LogP contribution >= 0.6 is 0 Å². The molecule has 4 saturated carbocycles. The van der Waals surface area contributed by atoms with E-state index in [0.29, 0.717) is 50.0 Å². The third-order valence-electron chi connectivity index (χ3n) is 6.21. The number of aliphatic hydroxyl groups is 1. The molecule has 0 heterocycles. The van der Waals surface area contributed by atoms with Crippen LogP contribution in [0.4, 0.5) is 0 Å². The predicted molar refractivity (Wildman–Crippen MR) is 101 cm³/mol. The van der Waals surface area contributed by atoms with Gasteiger partial charge in [0, 0.05) is 0 Å². The fourth-order valence-electron chi connectivity index (χ4n) is 4.90. The molecule has 1 aromatic rings. The van der Waals surface area contributed by atoms with Crippen molar-refractivity contribution in [3.63, 3.8) is 0 Å². The summed E-state index contributed by atoms with van der Waals surface area (Å²) in [6, 6.07) is 10.2. The number of ether oxygens (including phenoxy) is 4. The molecule has 4 aliphatic carbocycles. The average Bonchev–Trinajstić information content (AvgIpc) is 2.59. The molecule has 0 amide bonds. The molecule has 0 aliphatic heterocycles. The van der Waals surface area contributed by atoms with E-state index in [0.717, 1.165) is 26.1 Å². The minimum absolute atomic E-state index is 0.125. The van der Waals surface area contributed by atoms with Crippen molar-refractivity contribution in [2.24, 2.45) is 10.8 Å². The second-order valence-electron chi connectivity index (χ2n) is 8.79. The van der Waals surface area contributed by atoms with Gasteiger partial charge in [-0.3, -0.25) is 0 Å². The Morgan fingerprint density at radius 2 is 1.44 bits per heavy atom. The molecule has 2 bridgehead atoms. The Hall–Kier alpha value is -0.980. The number of hydrogen-bond donors (Lipinski definition) is 1. The quantitative estimate of drug-likeness (QED) is 0.537. The molecule has 0 spiro atoms. The summed E-state index contributed by atoms with van der Waals surface area (Å²) in [6.07, 6.45) is 5.54. The third-order valence-corrected chi connectivity index (χ3v) is 6.21. The average molecular weight is 376 g/mol. The van der Waals surface area contributed by atoms with Gasteiger partial charge in [-0.2, -0.15) is 0 Å². The molecule has 27 heavy (non-hydrogen) atoms. The van der Waals surface area contributed by atoms with Gasteiger partial charge in [-0.05, 0) is 48.5 Å². The van der Waals surface area contributed by atoms with Gasteiger partial charge < -0.3 is 24.1 Å². The summed E-state index contributed by atoms with van der Waals surface area (Å²) in [5, 5.41) is 9.30. The van der Waals surface area contributed by atoms with E-state index in [2.05, 4.69) is 12.1 Å². The molecule has 0 unspecified atom stereocenters. The standard InChI is InChI=1S/C22H32O5/c23-19-10-20(11-19)27-17-22-13-21(14-22,15-22)16-26-9-7-24-6-8-25-12-18-4-2-1-3-5-18/h1-5,19-20,23H,6-17H2/t19-,20-,21?,22?. The van der Waals surface area contributed by atoms with Gasteiger partial charge in [0.25, 0.3) is 0 Å². The number of rotatable bonds is 13. The zero-order valence-electron chi connectivity index (χ0n) is 16.1. The van der Waals surface area contributed by atoms with Crippen LogP contribution in [0.15, 0.2) is 30.3 Å². The molecule has 0 saturated heterocycles. The molecule has 5 nitrogen and oxygen atoms in total.